The van der Waals surface area contributed by atoms with Crippen molar-refractivity contribution in [1.82, 2.24) is 0 Å². The van der Waals surface area contributed by atoms with Gasteiger partial charge in [-0.3, -0.25) is 9.10 Å². The Morgan fingerprint density at radius 1 is 1.12 bits per heavy atom. The van der Waals surface area contributed by atoms with Gasteiger partial charge in [-0.15, -0.1) is 0 Å². The van der Waals surface area contributed by atoms with Crippen molar-refractivity contribution < 1.29 is 37.0 Å². The Balaban J connectivity index is 1.96. The van der Waals surface area contributed by atoms with Gasteiger partial charge >= 0.3 is 5.97 Å². The molecule has 2 aromatic carbocycles. The number of esters is 1. The van der Waals surface area contributed by atoms with Crippen LogP contribution >= 0.6 is 0 Å². The average molecular weight is 464 g/mol. The van der Waals surface area contributed by atoms with Gasteiger partial charge in [0.2, 0.25) is 10.0 Å². The zero-order valence-electron chi connectivity index (χ0n) is 18.1. The molecule has 1 aliphatic rings. The Bertz CT molecular complexity index is 1130. The van der Waals surface area contributed by atoms with Crippen molar-refractivity contribution in [2.75, 3.05) is 43.2 Å². The van der Waals surface area contributed by atoms with Gasteiger partial charge in [-0.25, -0.2) is 13.2 Å². The van der Waals surface area contributed by atoms with Crippen LogP contribution in [0.3, 0.4) is 0 Å². The lowest BCUT2D eigenvalue weighted by Crippen LogP contribution is -2.49. The van der Waals surface area contributed by atoms with Crippen LogP contribution in [0, 0.1) is 0 Å². The van der Waals surface area contributed by atoms with E-state index in [4.69, 9.17) is 18.9 Å². The molecular formula is C21H24N2O8S. The van der Waals surface area contributed by atoms with Crippen LogP contribution in [-0.2, 0) is 19.6 Å². The number of anilines is 2. The fourth-order valence-corrected chi connectivity index (χ4v) is 4.36. The summed E-state index contributed by atoms with van der Waals surface area (Å²) in [6.07, 6.45) is -1.16. The maximum absolute atomic E-state index is 13.1. The van der Waals surface area contributed by atoms with Crippen LogP contribution < -0.4 is 23.8 Å². The molecule has 0 aromatic heterocycles. The topological polar surface area (TPSA) is 120 Å². The van der Waals surface area contributed by atoms with Crippen molar-refractivity contribution in [2.24, 2.45) is 0 Å². The zero-order valence-corrected chi connectivity index (χ0v) is 18.9. The van der Waals surface area contributed by atoms with E-state index in [1.165, 1.54) is 40.4 Å². The summed E-state index contributed by atoms with van der Waals surface area (Å²) in [5.41, 5.74) is 0.499. The summed E-state index contributed by atoms with van der Waals surface area (Å²) in [4.78, 5) is 25.3. The number of hydrogen-bond acceptors (Lipinski definition) is 8. The quantitative estimate of drug-likeness (QED) is 0.618. The Labute approximate surface area is 186 Å². The van der Waals surface area contributed by atoms with Crippen LogP contribution in [-0.4, -0.2) is 60.0 Å². The second-order valence-electron chi connectivity index (χ2n) is 6.74. The summed E-state index contributed by atoms with van der Waals surface area (Å²) >= 11 is 0. The molecule has 0 radical (unpaired) electrons. The molecule has 1 atom stereocenters. The van der Waals surface area contributed by atoms with Crippen molar-refractivity contribution in [3.8, 4) is 17.2 Å². The van der Waals surface area contributed by atoms with Gasteiger partial charge in [0.05, 0.1) is 50.6 Å². The number of para-hydroxylation sites is 2. The first kappa shape index (κ1) is 23.2. The maximum Gasteiger partial charge on any atom is 0.340 e. The third kappa shape index (κ3) is 4.42. The summed E-state index contributed by atoms with van der Waals surface area (Å²) in [5, 5.41) is 2.62. The Morgan fingerprint density at radius 2 is 1.78 bits per heavy atom. The van der Waals surface area contributed by atoms with Gasteiger partial charge in [0.15, 0.2) is 17.6 Å². The van der Waals surface area contributed by atoms with Crippen molar-refractivity contribution >= 4 is 33.3 Å². The number of fused-ring (bicyclic) bond motifs is 1. The molecule has 10 nitrogen and oxygen atoms in total. The van der Waals surface area contributed by atoms with Crippen LogP contribution in [0.15, 0.2) is 36.4 Å². The Hall–Kier alpha value is -3.47. The summed E-state index contributed by atoms with van der Waals surface area (Å²) < 4.78 is 47.4. The predicted molar refractivity (Wildman–Crippen MR) is 117 cm³/mol. The average Bonchev–Trinajstić information content (AvgIpc) is 2.82. The lowest BCUT2D eigenvalue weighted by Gasteiger charge is -2.34. The number of methoxy groups -OCH3 is 3. The highest BCUT2D eigenvalue weighted by molar-refractivity contribution is 7.92. The van der Waals surface area contributed by atoms with Crippen molar-refractivity contribution in [2.45, 2.75) is 13.0 Å². The van der Waals surface area contributed by atoms with Gasteiger partial charge < -0.3 is 24.3 Å². The molecule has 1 unspecified atom stereocenters. The molecule has 0 bridgehead atoms. The van der Waals surface area contributed by atoms with E-state index in [1.807, 2.05) is 0 Å². The van der Waals surface area contributed by atoms with Gasteiger partial charge in [0, 0.05) is 12.1 Å². The number of sulfonamides is 1. The highest BCUT2D eigenvalue weighted by Gasteiger charge is 2.36. The number of rotatable bonds is 7. The fourth-order valence-electron chi connectivity index (χ4n) is 3.23. The largest absolute Gasteiger partial charge is 0.493 e. The third-order valence-corrected chi connectivity index (χ3v) is 6.66. The van der Waals surface area contributed by atoms with Gasteiger partial charge in [-0.1, -0.05) is 12.1 Å². The molecular weight excluding hydrogens is 440 g/mol. The van der Waals surface area contributed by atoms with Crippen LogP contribution in [0.5, 0.6) is 17.2 Å². The van der Waals surface area contributed by atoms with E-state index in [-0.39, 0.29) is 40.8 Å². The third-order valence-electron chi connectivity index (χ3n) is 4.91. The molecule has 172 valence electrons. The highest BCUT2D eigenvalue weighted by atomic mass is 32.2. The molecule has 1 heterocycles. The first-order valence-corrected chi connectivity index (χ1v) is 11.3. The second kappa shape index (κ2) is 9.35. The number of amides is 1. The second-order valence-corrected chi connectivity index (χ2v) is 8.92. The first-order chi connectivity index (χ1) is 15.2. The minimum absolute atomic E-state index is 0.0349. The van der Waals surface area contributed by atoms with Crippen LogP contribution in [0.1, 0.15) is 17.3 Å². The molecule has 1 aliphatic heterocycles. The monoisotopic (exact) mass is 464 g/mol. The van der Waals surface area contributed by atoms with E-state index in [2.05, 4.69) is 5.32 Å². The van der Waals surface area contributed by atoms with E-state index in [0.29, 0.717) is 5.69 Å². The molecule has 1 amide bonds. The van der Waals surface area contributed by atoms with Crippen LogP contribution in [0.25, 0.3) is 0 Å². The molecule has 0 saturated carbocycles. The number of ether oxygens (including phenoxy) is 4. The van der Waals surface area contributed by atoms with Gasteiger partial charge in [0.1, 0.15) is 5.75 Å². The number of nitrogens with zero attached hydrogens (tertiary/aromatic N) is 1. The van der Waals surface area contributed by atoms with Gasteiger partial charge in [-0.2, -0.15) is 0 Å². The highest BCUT2D eigenvalue weighted by Crippen LogP contribution is 2.36. The van der Waals surface area contributed by atoms with Crippen LogP contribution in [0.4, 0.5) is 11.4 Å². The Morgan fingerprint density at radius 3 is 2.41 bits per heavy atom. The summed E-state index contributed by atoms with van der Waals surface area (Å²) in [5.74, 6) is -0.678. The molecule has 0 fully saturated rings. The standard InChI is InChI=1S/C21H24N2O8S/c1-5-32(26,27)23-12-19(31-16-9-7-6-8-15(16)23)20(24)22-14-11-18(29-3)17(28-2)10-13(14)21(25)30-4/h6-11,19H,5,12H2,1-4H3,(H,22,24). The van der Waals surface area contributed by atoms with Crippen molar-refractivity contribution in [1.29, 1.82) is 0 Å². The molecule has 32 heavy (non-hydrogen) atoms. The Kier molecular flexibility index (Phi) is 6.78. The number of benzene rings is 2. The molecule has 11 heteroatoms. The zero-order chi connectivity index (χ0) is 23.5. The minimum atomic E-state index is -3.66. The fraction of sp³-hybridized carbons (Fsp3) is 0.333. The SMILES string of the molecule is CCS(=O)(=O)N1CC(C(=O)Nc2cc(OC)c(OC)cc2C(=O)OC)Oc2ccccc21. The van der Waals surface area contributed by atoms with Crippen molar-refractivity contribution in [3.05, 3.63) is 42.0 Å². The molecule has 3 rings (SSSR count). The summed E-state index contributed by atoms with van der Waals surface area (Å²) in [6.45, 7) is 1.30. The molecule has 1 N–H and O–H groups in total. The van der Waals surface area contributed by atoms with E-state index in [0.717, 1.165) is 4.31 Å². The first-order valence-electron chi connectivity index (χ1n) is 9.67. The smallest absolute Gasteiger partial charge is 0.340 e. The normalized spacial score (nSPS) is 15.2. The lowest BCUT2D eigenvalue weighted by molar-refractivity contribution is -0.122. The van der Waals surface area contributed by atoms with Gasteiger partial charge in [-0.05, 0) is 19.1 Å². The summed E-state index contributed by atoms with van der Waals surface area (Å²) in [7, 11) is 0.374. The van der Waals surface area contributed by atoms with E-state index < -0.39 is 28.0 Å². The minimum Gasteiger partial charge on any atom is -0.493 e. The number of carbonyl (C=O) groups is 2. The number of hydrogen-bond donors (Lipinski definition) is 1. The molecule has 0 aliphatic carbocycles. The van der Waals surface area contributed by atoms with Gasteiger partial charge in [0.25, 0.3) is 5.91 Å². The van der Waals surface area contributed by atoms with Crippen molar-refractivity contribution in [3.63, 3.8) is 0 Å². The summed E-state index contributed by atoms with van der Waals surface area (Å²) in [6, 6.07) is 9.36. The van der Waals surface area contributed by atoms with E-state index in [1.54, 1.807) is 24.3 Å². The molecule has 0 spiro atoms. The number of nitrogens with one attached hydrogen (secondary N) is 1. The lowest BCUT2D eigenvalue weighted by atomic mass is 10.1. The van der Waals surface area contributed by atoms with E-state index >= 15 is 0 Å². The molecule has 2 aromatic rings. The van der Waals surface area contributed by atoms with E-state index in [9.17, 15) is 18.0 Å². The number of carbonyl (C=O) groups excluding carboxylic acids is 2. The molecule has 0 saturated heterocycles. The van der Waals surface area contributed by atoms with Crippen LogP contribution in [0.2, 0.25) is 0 Å². The predicted octanol–water partition coefficient (Wildman–Crippen LogP) is 2.05. The maximum atomic E-state index is 13.1.